The fourth-order valence-corrected chi connectivity index (χ4v) is 3.37. The molecule has 0 saturated heterocycles. The highest BCUT2D eigenvalue weighted by molar-refractivity contribution is 7.89. The molecular weight excluding hydrogens is 244 g/mol. The summed E-state index contributed by atoms with van der Waals surface area (Å²) in [6, 6.07) is 1.95. The zero-order chi connectivity index (χ0) is 12.9. The minimum atomic E-state index is -3.41. The number of carboxylic acid groups (broad SMARTS) is 1. The predicted molar refractivity (Wildman–Crippen MR) is 60.6 cm³/mol. The molecule has 0 aromatic carbocycles. The second-order valence-electron chi connectivity index (χ2n) is 4.06. The van der Waals surface area contributed by atoms with Crippen molar-refractivity contribution in [1.82, 2.24) is 4.31 Å². The Hall–Kier alpha value is -1.13. The second-order valence-corrected chi connectivity index (χ2v) is 6.10. The van der Waals surface area contributed by atoms with Crippen molar-refractivity contribution in [2.24, 2.45) is 0 Å². The fraction of sp³-hybridized carbons (Fsp3) is 0.800. The van der Waals surface area contributed by atoms with Crippen molar-refractivity contribution in [1.29, 1.82) is 5.26 Å². The van der Waals surface area contributed by atoms with Gasteiger partial charge in [-0.25, -0.2) is 8.42 Å². The summed E-state index contributed by atoms with van der Waals surface area (Å²) < 4.78 is 25.2. The molecule has 6 nitrogen and oxygen atoms in total. The van der Waals surface area contributed by atoms with E-state index in [4.69, 9.17) is 10.4 Å². The standard InChI is InChI=1S/C10H16N2O4S/c11-6-2-7-12(9-4-5-9)17(15,16)8-1-3-10(13)14/h9H,1-5,7-8H2,(H,13,14). The van der Waals surface area contributed by atoms with Gasteiger partial charge in [-0.05, 0) is 19.3 Å². The van der Waals surface area contributed by atoms with Gasteiger partial charge in [-0.15, -0.1) is 0 Å². The lowest BCUT2D eigenvalue weighted by Crippen LogP contribution is -2.35. The first-order valence-electron chi connectivity index (χ1n) is 5.55. The van der Waals surface area contributed by atoms with Crippen molar-refractivity contribution >= 4 is 16.0 Å². The highest BCUT2D eigenvalue weighted by Gasteiger charge is 2.36. The van der Waals surface area contributed by atoms with Gasteiger partial charge in [0.25, 0.3) is 0 Å². The summed E-state index contributed by atoms with van der Waals surface area (Å²) in [7, 11) is -3.41. The van der Waals surface area contributed by atoms with Crippen LogP contribution >= 0.6 is 0 Å². The first-order chi connectivity index (χ1) is 7.97. The van der Waals surface area contributed by atoms with E-state index in [9.17, 15) is 13.2 Å². The van der Waals surface area contributed by atoms with Crippen LogP contribution in [-0.2, 0) is 14.8 Å². The van der Waals surface area contributed by atoms with Crippen LogP contribution in [0.2, 0.25) is 0 Å². The highest BCUT2D eigenvalue weighted by atomic mass is 32.2. The van der Waals surface area contributed by atoms with Gasteiger partial charge < -0.3 is 5.11 Å². The third-order valence-electron chi connectivity index (χ3n) is 2.55. The number of rotatable bonds is 8. The Morgan fingerprint density at radius 2 is 2.12 bits per heavy atom. The van der Waals surface area contributed by atoms with Crippen LogP contribution < -0.4 is 0 Å². The first-order valence-corrected chi connectivity index (χ1v) is 7.16. The summed E-state index contributed by atoms with van der Waals surface area (Å²) in [5.74, 6) is -1.14. The first kappa shape index (κ1) is 13.9. The molecule has 1 fully saturated rings. The van der Waals surface area contributed by atoms with E-state index in [-0.39, 0.29) is 37.6 Å². The van der Waals surface area contributed by atoms with Crippen LogP contribution in [0.1, 0.15) is 32.1 Å². The molecule has 1 N–H and O–H groups in total. The topological polar surface area (TPSA) is 98.5 Å². The maximum Gasteiger partial charge on any atom is 0.303 e. The number of carbonyl (C=O) groups is 1. The molecule has 0 heterocycles. The molecule has 0 aromatic rings. The Kier molecular flexibility index (Phi) is 4.90. The maximum absolute atomic E-state index is 11.9. The fourth-order valence-electron chi connectivity index (χ4n) is 1.59. The Morgan fingerprint density at radius 3 is 2.59 bits per heavy atom. The van der Waals surface area contributed by atoms with Gasteiger partial charge in [-0.3, -0.25) is 4.79 Å². The van der Waals surface area contributed by atoms with Crippen LogP contribution in [0.25, 0.3) is 0 Å². The molecule has 0 radical (unpaired) electrons. The van der Waals surface area contributed by atoms with Gasteiger partial charge in [0.05, 0.1) is 11.8 Å². The van der Waals surface area contributed by atoms with Gasteiger partial charge in [0.1, 0.15) is 0 Å². The van der Waals surface area contributed by atoms with Crippen LogP contribution in [0.15, 0.2) is 0 Å². The lowest BCUT2D eigenvalue weighted by Gasteiger charge is -2.20. The molecule has 0 spiro atoms. The minimum Gasteiger partial charge on any atom is -0.481 e. The molecular formula is C10H16N2O4S. The van der Waals surface area contributed by atoms with Crippen LogP contribution in [0, 0.1) is 11.3 Å². The third kappa shape index (κ3) is 4.71. The van der Waals surface area contributed by atoms with E-state index in [0.29, 0.717) is 0 Å². The summed E-state index contributed by atoms with van der Waals surface area (Å²) in [6.07, 6.45) is 1.82. The molecule has 0 aliphatic heterocycles. The normalized spacial score (nSPS) is 15.8. The lowest BCUT2D eigenvalue weighted by molar-refractivity contribution is -0.137. The van der Waals surface area contributed by atoms with E-state index in [0.717, 1.165) is 12.8 Å². The summed E-state index contributed by atoms with van der Waals surface area (Å²) in [4.78, 5) is 10.3. The largest absolute Gasteiger partial charge is 0.481 e. The van der Waals surface area contributed by atoms with Crippen LogP contribution in [0.4, 0.5) is 0 Å². The monoisotopic (exact) mass is 260 g/mol. The summed E-state index contributed by atoms with van der Waals surface area (Å²) in [5, 5.41) is 16.9. The van der Waals surface area contributed by atoms with E-state index in [1.54, 1.807) is 0 Å². The predicted octanol–water partition coefficient (Wildman–Crippen LogP) is 0.559. The molecule has 0 bridgehead atoms. The quantitative estimate of drug-likeness (QED) is 0.687. The maximum atomic E-state index is 11.9. The Morgan fingerprint density at radius 1 is 1.47 bits per heavy atom. The van der Waals surface area contributed by atoms with Gasteiger partial charge in [0.2, 0.25) is 10.0 Å². The molecule has 96 valence electrons. The smallest absolute Gasteiger partial charge is 0.303 e. The third-order valence-corrected chi connectivity index (χ3v) is 4.55. The Balaban J connectivity index is 2.52. The minimum absolute atomic E-state index is 0.0261. The SMILES string of the molecule is N#CCCN(C1CC1)S(=O)(=O)CCCC(=O)O. The average Bonchev–Trinajstić information content (AvgIpc) is 3.01. The molecule has 0 aromatic heterocycles. The molecule has 7 heteroatoms. The van der Waals surface area contributed by atoms with Crippen LogP contribution in [0.5, 0.6) is 0 Å². The van der Waals surface area contributed by atoms with Crippen LogP contribution in [-0.4, -0.2) is 42.1 Å². The number of carboxylic acids is 1. The van der Waals surface area contributed by atoms with Gasteiger partial charge in [0, 0.05) is 25.4 Å². The van der Waals surface area contributed by atoms with Crippen molar-refractivity contribution in [3.8, 4) is 6.07 Å². The van der Waals surface area contributed by atoms with E-state index < -0.39 is 16.0 Å². The molecule has 17 heavy (non-hydrogen) atoms. The number of nitriles is 1. The van der Waals surface area contributed by atoms with E-state index in [1.807, 2.05) is 6.07 Å². The summed E-state index contributed by atoms with van der Waals surface area (Å²) in [6.45, 7) is 0.219. The van der Waals surface area contributed by atoms with E-state index in [1.165, 1.54) is 4.31 Å². The Labute approximate surface area is 101 Å². The number of sulfonamides is 1. The van der Waals surface area contributed by atoms with Crippen molar-refractivity contribution in [3.05, 3.63) is 0 Å². The molecule has 1 rings (SSSR count). The lowest BCUT2D eigenvalue weighted by atomic mass is 10.3. The highest BCUT2D eigenvalue weighted by Crippen LogP contribution is 2.29. The Bertz CT molecular complexity index is 409. The number of nitrogens with zero attached hydrogens (tertiary/aromatic N) is 2. The molecule has 0 unspecified atom stereocenters. The molecule has 0 amide bonds. The molecule has 0 atom stereocenters. The number of aliphatic carboxylic acids is 1. The van der Waals surface area contributed by atoms with Crippen molar-refractivity contribution < 1.29 is 18.3 Å². The molecule has 1 saturated carbocycles. The van der Waals surface area contributed by atoms with Crippen LogP contribution in [0.3, 0.4) is 0 Å². The molecule has 1 aliphatic rings. The average molecular weight is 260 g/mol. The summed E-state index contributed by atoms with van der Waals surface area (Å²) >= 11 is 0. The van der Waals surface area contributed by atoms with Gasteiger partial charge in [-0.1, -0.05) is 0 Å². The molecule has 1 aliphatic carbocycles. The van der Waals surface area contributed by atoms with Gasteiger partial charge >= 0.3 is 5.97 Å². The zero-order valence-corrected chi connectivity index (χ0v) is 10.3. The number of hydrogen-bond acceptors (Lipinski definition) is 4. The van der Waals surface area contributed by atoms with Crippen molar-refractivity contribution in [2.75, 3.05) is 12.3 Å². The van der Waals surface area contributed by atoms with Crippen molar-refractivity contribution in [3.63, 3.8) is 0 Å². The number of hydrogen-bond donors (Lipinski definition) is 1. The van der Waals surface area contributed by atoms with E-state index >= 15 is 0 Å². The second kappa shape index (κ2) is 5.98. The van der Waals surface area contributed by atoms with Gasteiger partial charge in [-0.2, -0.15) is 9.57 Å². The van der Waals surface area contributed by atoms with E-state index in [2.05, 4.69) is 0 Å². The van der Waals surface area contributed by atoms with Gasteiger partial charge in [0.15, 0.2) is 0 Å². The summed E-state index contributed by atoms with van der Waals surface area (Å²) in [5.41, 5.74) is 0. The van der Waals surface area contributed by atoms with Crippen molar-refractivity contribution in [2.45, 2.75) is 38.1 Å². The zero-order valence-electron chi connectivity index (χ0n) is 9.50.